The molecular weight excluding hydrogens is 319 g/mol. The van der Waals surface area contributed by atoms with Gasteiger partial charge in [-0.3, -0.25) is 9.89 Å². The number of methoxy groups -OCH3 is 1. The zero-order chi connectivity index (χ0) is 18.2. The average Bonchev–Trinajstić information content (AvgIpc) is 3.44. The Morgan fingerprint density at radius 3 is 2.76 bits per heavy atom. The van der Waals surface area contributed by atoms with Gasteiger partial charge in [0.2, 0.25) is 0 Å². The van der Waals surface area contributed by atoms with Crippen LogP contribution in [0.1, 0.15) is 36.9 Å². The van der Waals surface area contributed by atoms with Gasteiger partial charge in [0.1, 0.15) is 5.82 Å². The molecule has 1 atom stereocenters. The van der Waals surface area contributed by atoms with E-state index in [4.69, 9.17) is 4.74 Å². The number of hydrogen-bond acceptors (Lipinski definition) is 3. The zero-order valence-corrected chi connectivity index (χ0v) is 15.8. The van der Waals surface area contributed by atoms with Crippen molar-refractivity contribution in [2.75, 3.05) is 40.4 Å². The van der Waals surface area contributed by atoms with Gasteiger partial charge in [-0.15, -0.1) is 0 Å². The molecule has 1 aromatic carbocycles. The zero-order valence-electron chi connectivity index (χ0n) is 15.8. The first-order valence-corrected chi connectivity index (χ1v) is 9.01. The monoisotopic (exact) mass is 350 g/mol. The van der Waals surface area contributed by atoms with E-state index in [1.165, 1.54) is 12.8 Å². The summed E-state index contributed by atoms with van der Waals surface area (Å²) in [6.45, 7) is 7.28. The average molecular weight is 350 g/mol. The van der Waals surface area contributed by atoms with Crippen molar-refractivity contribution in [2.24, 2.45) is 4.99 Å². The maximum absolute atomic E-state index is 13.7. The first-order valence-electron chi connectivity index (χ1n) is 9.01. The summed E-state index contributed by atoms with van der Waals surface area (Å²) >= 11 is 0. The molecule has 1 unspecified atom stereocenters. The van der Waals surface area contributed by atoms with Gasteiger partial charge in [0.05, 0.1) is 12.6 Å². The lowest BCUT2D eigenvalue weighted by atomic mass is 10.1. The molecule has 1 aliphatic carbocycles. The largest absolute Gasteiger partial charge is 0.383 e. The highest BCUT2D eigenvalue weighted by molar-refractivity contribution is 5.80. The Morgan fingerprint density at radius 1 is 1.40 bits per heavy atom. The molecule has 2 N–H and O–H groups in total. The summed E-state index contributed by atoms with van der Waals surface area (Å²) in [5.74, 6) is 0.559. The molecule has 1 fully saturated rings. The van der Waals surface area contributed by atoms with Crippen LogP contribution in [-0.4, -0.2) is 57.3 Å². The summed E-state index contributed by atoms with van der Waals surface area (Å²) in [6, 6.07) is 6.03. The molecule has 140 valence electrons. The van der Waals surface area contributed by atoms with E-state index in [-0.39, 0.29) is 11.9 Å². The lowest BCUT2D eigenvalue weighted by molar-refractivity contribution is 0.144. The van der Waals surface area contributed by atoms with Crippen molar-refractivity contribution in [1.29, 1.82) is 0 Å². The van der Waals surface area contributed by atoms with Crippen LogP contribution in [0.25, 0.3) is 0 Å². The highest BCUT2D eigenvalue weighted by Crippen LogP contribution is 2.26. The third-order valence-corrected chi connectivity index (χ3v) is 4.61. The second-order valence-corrected chi connectivity index (χ2v) is 6.63. The SMILES string of the molecule is CN=C(NCCN(CCOC)C1CC1)NC(C)c1ccc(C)c(F)c1. The molecule has 0 bridgehead atoms. The van der Waals surface area contributed by atoms with Gasteiger partial charge in [-0.25, -0.2) is 4.39 Å². The summed E-state index contributed by atoms with van der Waals surface area (Å²) in [7, 11) is 3.49. The Bertz CT molecular complexity index is 575. The Labute approximate surface area is 150 Å². The number of guanidine groups is 1. The van der Waals surface area contributed by atoms with Crippen LogP contribution in [0, 0.1) is 12.7 Å². The first-order chi connectivity index (χ1) is 12.0. The van der Waals surface area contributed by atoms with Gasteiger partial charge >= 0.3 is 0 Å². The van der Waals surface area contributed by atoms with Gasteiger partial charge in [0, 0.05) is 39.8 Å². The Balaban J connectivity index is 1.80. The second kappa shape index (κ2) is 9.73. The number of ether oxygens (including phenoxy) is 1. The molecule has 2 rings (SSSR count). The van der Waals surface area contributed by atoms with Gasteiger partial charge in [-0.05, 0) is 43.9 Å². The van der Waals surface area contributed by atoms with Crippen molar-refractivity contribution in [3.8, 4) is 0 Å². The Hall–Kier alpha value is -1.66. The fourth-order valence-electron chi connectivity index (χ4n) is 2.80. The van der Waals surface area contributed by atoms with Crippen LogP contribution in [0.15, 0.2) is 23.2 Å². The van der Waals surface area contributed by atoms with E-state index in [0.717, 1.165) is 37.8 Å². The van der Waals surface area contributed by atoms with Gasteiger partial charge in [0.25, 0.3) is 0 Å². The van der Waals surface area contributed by atoms with E-state index in [1.807, 2.05) is 19.1 Å². The van der Waals surface area contributed by atoms with Crippen molar-refractivity contribution in [1.82, 2.24) is 15.5 Å². The van der Waals surface area contributed by atoms with E-state index >= 15 is 0 Å². The first kappa shape index (κ1) is 19.7. The summed E-state index contributed by atoms with van der Waals surface area (Å²) in [5, 5.41) is 6.67. The number of aryl methyl sites for hydroxylation is 1. The molecule has 1 aromatic rings. The maximum atomic E-state index is 13.7. The lowest BCUT2D eigenvalue weighted by Crippen LogP contribution is -2.43. The normalized spacial score (nSPS) is 16.2. The van der Waals surface area contributed by atoms with Gasteiger partial charge in [-0.1, -0.05) is 12.1 Å². The highest BCUT2D eigenvalue weighted by atomic mass is 19.1. The molecule has 0 heterocycles. The van der Waals surface area contributed by atoms with E-state index in [9.17, 15) is 4.39 Å². The molecule has 6 heteroatoms. The van der Waals surface area contributed by atoms with Gasteiger partial charge in [0.15, 0.2) is 5.96 Å². The van der Waals surface area contributed by atoms with Crippen molar-refractivity contribution >= 4 is 5.96 Å². The third kappa shape index (κ3) is 6.29. The van der Waals surface area contributed by atoms with Crippen LogP contribution in [0.3, 0.4) is 0 Å². The Morgan fingerprint density at radius 2 is 2.16 bits per heavy atom. The molecule has 0 aromatic heterocycles. The standard InChI is InChI=1S/C19H31FN4O/c1-14-5-6-16(13-18(14)20)15(2)23-19(21-3)22-9-10-24(11-12-25-4)17-7-8-17/h5-6,13,15,17H,7-12H2,1-4H3,(H2,21,22,23). The summed E-state index contributed by atoms with van der Waals surface area (Å²) in [4.78, 5) is 6.73. The van der Waals surface area contributed by atoms with E-state index in [1.54, 1.807) is 27.1 Å². The second-order valence-electron chi connectivity index (χ2n) is 6.63. The number of nitrogens with zero attached hydrogens (tertiary/aromatic N) is 2. The minimum Gasteiger partial charge on any atom is -0.383 e. The lowest BCUT2D eigenvalue weighted by Gasteiger charge is -2.23. The molecule has 0 amide bonds. The number of aliphatic imine (C=N–C) groups is 1. The van der Waals surface area contributed by atoms with Crippen molar-refractivity contribution in [3.63, 3.8) is 0 Å². The van der Waals surface area contributed by atoms with Crippen LogP contribution in [0.2, 0.25) is 0 Å². The molecule has 5 nitrogen and oxygen atoms in total. The Kier molecular flexibility index (Phi) is 7.65. The molecule has 0 radical (unpaired) electrons. The molecule has 0 saturated heterocycles. The van der Waals surface area contributed by atoms with E-state index < -0.39 is 0 Å². The third-order valence-electron chi connectivity index (χ3n) is 4.61. The number of halogens is 1. The van der Waals surface area contributed by atoms with Crippen LogP contribution in [0.4, 0.5) is 4.39 Å². The molecule has 1 saturated carbocycles. The predicted molar refractivity (Wildman–Crippen MR) is 101 cm³/mol. The van der Waals surface area contributed by atoms with Gasteiger partial charge < -0.3 is 15.4 Å². The molecule has 0 aliphatic heterocycles. The highest BCUT2D eigenvalue weighted by Gasteiger charge is 2.28. The maximum Gasteiger partial charge on any atom is 0.191 e. The van der Waals surface area contributed by atoms with Gasteiger partial charge in [-0.2, -0.15) is 0 Å². The van der Waals surface area contributed by atoms with Crippen molar-refractivity contribution < 1.29 is 9.13 Å². The van der Waals surface area contributed by atoms with Crippen LogP contribution in [-0.2, 0) is 4.74 Å². The molecular formula is C19H31FN4O. The van der Waals surface area contributed by atoms with Crippen molar-refractivity contribution in [2.45, 2.75) is 38.8 Å². The fraction of sp³-hybridized carbons (Fsp3) is 0.632. The van der Waals surface area contributed by atoms with Crippen molar-refractivity contribution in [3.05, 3.63) is 35.1 Å². The minimum absolute atomic E-state index is 0.0191. The number of rotatable bonds is 9. The predicted octanol–water partition coefficient (Wildman–Crippen LogP) is 2.47. The van der Waals surface area contributed by atoms with Crippen LogP contribution < -0.4 is 10.6 Å². The summed E-state index contributed by atoms with van der Waals surface area (Å²) in [5.41, 5.74) is 1.57. The quantitative estimate of drug-likeness (QED) is 0.531. The van der Waals surface area contributed by atoms with Crippen LogP contribution in [0.5, 0.6) is 0 Å². The van der Waals surface area contributed by atoms with E-state index in [2.05, 4.69) is 20.5 Å². The number of hydrogen-bond donors (Lipinski definition) is 2. The summed E-state index contributed by atoms with van der Waals surface area (Å²) < 4.78 is 18.9. The summed E-state index contributed by atoms with van der Waals surface area (Å²) in [6.07, 6.45) is 2.57. The van der Waals surface area contributed by atoms with E-state index in [0.29, 0.717) is 11.6 Å². The molecule has 25 heavy (non-hydrogen) atoms. The number of nitrogens with one attached hydrogen (secondary N) is 2. The molecule has 0 spiro atoms. The minimum atomic E-state index is -0.174. The smallest absolute Gasteiger partial charge is 0.191 e. The fourth-order valence-corrected chi connectivity index (χ4v) is 2.80. The topological polar surface area (TPSA) is 48.9 Å². The number of benzene rings is 1. The van der Waals surface area contributed by atoms with Crippen LogP contribution >= 0.6 is 0 Å². The molecule has 1 aliphatic rings.